The lowest BCUT2D eigenvalue weighted by molar-refractivity contribution is 0.0687. The van der Waals surface area contributed by atoms with E-state index in [1.54, 1.807) is 12.1 Å². The summed E-state index contributed by atoms with van der Waals surface area (Å²) in [6.45, 7) is 1.31. The molecule has 0 spiro atoms. The lowest BCUT2D eigenvalue weighted by Crippen LogP contribution is -2.13. The van der Waals surface area contributed by atoms with Crippen molar-refractivity contribution in [2.45, 2.75) is 13.5 Å². The highest BCUT2D eigenvalue weighted by Gasteiger charge is 2.21. The molecule has 114 valence electrons. The number of carboxylic acid groups (broad SMARTS) is 1. The number of carboxylic acids is 1. The number of nitrogens with one attached hydrogen (secondary N) is 1. The van der Waals surface area contributed by atoms with Crippen LogP contribution in [0.1, 0.15) is 32.6 Å². The number of carbonyl (C=O) groups is 3. The molecule has 1 amide bonds. The maximum absolute atomic E-state index is 11.6. The first kappa shape index (κ1) is 15.6. The second kappa shape index (κ2) is 6.81. The Hall–Kier alpha value is -2.74. The number of hydrogen-bond donors (Lipinski definition) is 2. The monoisotopic (exact) mass is 320 g/mol. The van der Waals surface area contributed by atoms with E-state index in [0.29, 0.717) is 0 Å². The summed E-state index contributed by atoms with van der Waals surface area (Å²) in [7, 11) is 0. The number of rotatable bonds is 5. The van der Waals surface area contributed by atoms with E-state index in [9.17, 15) is 14.4 Å². The van der Waals surface area contributed by atoms with Gasteiger partial charge in [0.2, 0.25) is 0 Å². The van der Waals surface area contributed by atoms with Crippen LogP contribution in [-0.4, -0.2) is 27.9 Å². The molecule has 0 bridgehead atoms. The lowest BCUT2D eigenvalue weighted by Gasteiger charge is -2.04. The molecule has 2 rings (SSSR count). The van der Waals surface area contributed by atoms with Crippen molar-refractivity contribution in [3.8, 4) is 0 Å². The highest BCUT2D eigenvalue weighted by molar-refractivity contribution is 7.18. The molecular weight excluding hydrogens is 308 g/mol. The molecule has 0 saturated heterocycles. The zero-order chi connectivity index (χ0) is 16.1. The summed E-state index contributed by atoms with van der Waals surface area (Å²) in [4.78, 5) is 37.7. The zero-order valence-corrected chi connectivity index (χ0v) is 12.3. The van der Waals surface area contributed by atoms with Crippen molar-refractivity contribution >= 4 is 34.3 Å². The van der Waals surface area contributed by atoms with Gasteiger partial charge in [-0.2, -0.15) is 0 Å². The predicted octanol–water partition coefficient (Wildman–Crippen LogP) is 2.79. The van der Waals surface area contributed by atoms with Gasteiger partial charge in [0.05, 0.1) is 0 Å². The Morgan fingerprint density at radius 1 is 1.27 bits per heavy atom. The van der Waals surface area contributed by atoms with E-state index in [0.717, 1.165) is 16.9 Å². The molecule has 0 aliphatic carbocycles. The maximum atomic E-state index is 11.6. The minimum atomic E-state index is -1.33. The molecule has 1 aromatic heterocycles. The molecule has 0 aliphatic heterocycles. The second-order valence-corrected chi connectivity index (χ2v) is 5.24. The predicted molar refractivity (Wildman–Crippen MR) is 79.3 cm³/mol. The molecule has 0 saturated carbocycles. The molecule has 8 heteroatoms. The Bertz CT molecular complexity index is 680. The van der Waals surface area contributed by atoms with E-state index < -0.39 is 17.8 Å². The van der Waals surface area contributed by atoms with Gasteiger partial charge in [0, 0.05) is 6.92 Å². The second-order valence-electron chi connectivity index (χ2n) is 4.24. The molecule has 0 unspecified atom stereocenters. The van der Waals surface area contributed by atoms with E-state index in [-0.39, 0.29) is 22.3 Å². The van der Waals surface area contributed by atoms with Gasteiger partial charge in [0.15, 0.2) is 16.6 Å². The van der Waals surface area contributed by atoms with E-state index >= 15 is 0 Å². The number of anilines is 1. The molecule has 0 fully saturated rings. The minimum Gasteiger partial charge on any atom is -0.476 e. The van der Waals surface area contributed by atoms with Crippen LogP contribution in [0.5, 0.6) is 0 Å². The van der Waals surface area contributed by atoms with Crippen molar-refractivity contribution in [2.24, 2.45) is 0 Å². The Morgan fingerprint density at radius 2 is 1.95 bits per heavy atom. The zero-order valence-electron chi connectivity index (χ0n) is 11.5. The number of ketones is 1. The number of amides is 1. The molecule has 0 aliphatic rings. The van der Waals surface area contributed by atoms with Crippen molar-refractivity contribution in [3.63, 3.8) is 0 Å². The van der Waals surface area contributed by atoms with Gasteiger partial charge in [-0.3, -0.25) is 10.1 Å². The molecule has 1 heterocycles. The SMILES string of the molecule is CC(=O)c1sc(NC(=O)OCc2ccccc2)nc1C(=O)O. The Kier molecular flexibility index (Phi) is 4.84. The van der Waals surface area contributed by atoms with Gasteiger partial charge >= 0.3 is 12.1 Å². The van der Waals surface area contributed by atoms with Gasteiger partial charge in [-0.15, -0.1) is 0 Å². The summed E-state index contributed by atoms with van der Waals surface area (Å²) < 4.78 is 4.99. The molecule has 2 aromatic rings. The van der Waals surface area contributed by atoms with Gasteiger partial charge in [0.25, 0.3) is 0 Å². The molecule has 0 radical (unpaired) electrons. The lowest BCUT2D eigenvalue weighted by atomic mass is 10.2. The number of thiazole rings is 1. The van der Waals surface area contributed by atoms with Crippen LogP contribution in [0.2, 0.25) is 0 Å². The average molecular weight is 320 g/mol. The van der Waals surface area contributed by atoms with Crippen molar-refractivity contribution < 1.29 is 24.2 Å². The number of Topliss-reactive ketones (excluding diaryl/α,β-unsaturated/α-hetero) is 1. The number of aromatic nitrogens is 1. The number of nitrogens with zero attached hydrogens (tertiary/aromatic N) is 1. The quantitative estimate of drug-likeness (QED) is 0.821. The molecule has 22 heavy (non-hydrogen) atoms. The van der Waals surface area contributed by atoms with Crippen molar-refractivity contribution in [3.05, 3.63) is 46.5 Å². The Labute approximate surface area is 129 Å². The van der Waals surface area contributed by atoms with Gasteiger partial charge in [-0.1, -0.05) is 41.7 Å². The summed E-state index contributed by atoms with van der Waals surface area (Å²) in [5, 5.41) is 11.3. The number of ether oxygens (including phenoxy) is 1. The maximum Gasteiger partial charge on any atom is 0.413 e. The molecule has 7 nitrogen and oxygen atoms in total. The fourth-order valence-electron chi connectivity index (χ4n) is 1.60. The average Bonchev–Trinajstić information content (AvgIpc) is 2.90. The largest absolute Gasteiger partial charge is 0.476 e. The van der Waals surface area contributed by atoms with Crippen LogP contribution in [0, 0.1) is 0 Å². The first-order valence-electron chi connectivity index (χ1n) is 6.20. The van der Waals surface area contributed by atoms with Crippen molar-refractivity contribution in [1.82, 2.24) is 4.98 Å². The van der Waals surface area contributed by atoms with Gasteiger partial charge < -0.3 is 9.84 Å². The first-order chi connectivity index (χ1) is 10.5. The number of benzene rings is 1. The third-order valence-corrected chi connectivity index (χ3v) is 3.64. The Morgan fingerprint density at radius 3 is 2.50 bits per heavy atom. The summed E-state index contributed by atoms with van der Waals surface area (Å²) in [6, 6.07) is 9.07. The summed E-state index contributed by atoms with van der Waals surface area (Å²) in [5.74, 6) is -1.76. The van der Waals surface area contributed by atoms with Gasteiger partial charge in [-0.25, -0.2) is 14.6 Å². The molecular formula is C14H12N2O5S. The van der Waals surface area contributed by atoms with Crippen LogP contribution in [0.4, 0.5) is 9.93 Å². The van der Waals surface area contributed by atoms with Crippen LogP contribution >= 0.6 is 11.3 Å². The number of aromatic carboxylic acids is 1. The van der Waals surface area contributed by atoms with Crippen LogP contribution in [0.25, 0.3) is 0 Å². The standard InChI is InChI=1S/C14H12N2O5S/c1-8(17)11-10(12(18)19)15-13(22-11)16-14(20)21-7-9-5-3-2-4-6-9/h2-6H,7H2,1H3,(H,18,19)(H,15,16,20). The van der Waals surface area contributed by atoms with E-state index in [4.69, 9.17) is 9.84 Å². The first-order valence-corrected chi connectivity index (χ1v) is 7.01. The number of hydrogen-bond acceptors (Lipinski definition) is 6. The summed E-state index contributed by atoms with van der Waals surface area (Å²) >= 11 is 0.793. The fraction of sp³-hybridized carbons (Fsp3) is 0.143. The van der Waals surface area contributed by atoms with E-state index in [2.05, 4.69) is 10.3 Å². The summed E-state index contributed by atoms with van der Waals surface area (Å²) in [5.41, 5.74) is 0.434. The summed E-state index contributed by atoms with van der Waals surface area (Å²) in [6.07, 6.45) is -0.773. The van der Waals surface area contributed by atoms with E-state index in [1.165, 1.54) is 6.92 Å². The Balaban J connectivity index is 2.01. The van der Waals surface area contributed by atoms with Crippen molar-refractivity contribution in [1.29, 1.82) is 0 Å². The highest BCUT2D eigenvalue weighted by atomic mass is 32.1. The van der Waals surface area contributed by atoms with Crippen LogP contribution in [0.15, 0.2) is 30.3 Å². The number of carbonyl (C=O) groups excluding carboxylic acids is 2. The third-order valence-electron chi connectivity index (χ3n) is 2.57. The van der Waals surface area contributed by atoms with Gasteiger partial charge in [-0.05, 0) is 5.56 Å². The smallest absolute Gasteiger partial charge is 0.413 e. The van der Waals surface area contributed by atoms with Crippen LogP contribution < -0.4 is 5.32 Å². The minimum absolute atomic E-state index is 0.000613. The van der Waals surface area contributed by atoms with Crippen molar-refractivity contribution in [2.75, 3.05) is 5.32 Å². The topological polar surface area (TPSA) is 106 Å². The van der Waals surface area contributed by atoms with Gasteiger partial charge in [0.1, 0.15) is 11.5 Å². The highest BCUT2D eigenvalue weighted by Crippen LogP contribution is 2.23. The molecule has 0 atom stereocenters. The van der Waals surface area contributed by atoms with Crippen LogP contribution in [-0.2, 0) is 11.3 Å². The third kappa shape index (κ3) is 3.89. The van der Waals surface area contributed by atoms with E-state index in [1.807, 2.05) is 18.2 Å². The normalized spacial score (nSPS) is 10.0. The molecule has 2 N–H and O–H groups in total. The molecule has 1 aromatic carbocycles. The van der Waals surface area contributed by atoms with Crippen LogP contribution in [0.3, 0.4) is 0 Å². The fourth-order valence-corrected chi connectivity index (χ4v) is 2.44.